The van der Waals surface area contributed by atoms with Crippen LogP contribution in [0.3, 0.4) is 0 Å². The van der Waals surface area contributed by atoms with Crippen molar-refractivity contribution < 1.29 is 4.79 Å². The van der Waals surface area contributed by atoms with Gasteiger partial charge in [-0.3, -0.25) is 4.98 Å². The van der Waals surface area contributed by atoms with Crippen molar-refractivity contribution in [2.45, 2.75) is 0 Å². The lowest BCUT2D eigenvalue weighted by Crippen LogP contribution is -2.38. The van der Waals surface area contributed by atoms with E-state index in [1.54, 1.807) is 0 Å². The molecule has 1 rings (SSSR count). The number of H-pyrrole nitrogens is 1. The lowest BCUT2D eigenvalue weighted by molar-refractivity contribution is 0.247. The first-order valence-corrected chi connectivity index (χ1v) is 5.23. The summed E-state index contributed by atoms with van der Waals surface area (Å²) in [5.41, 5.74) is -0.761. The van der Waals surface area contributed by atoms with Crippen LogP contribution < -0.4 is 16.0 Å². The molecule has 0 fully saturated rings. The maximum absolute atomic E-state index is 11.5. The number of rotatable bonds is 4. The maximum atomic E-state index is 11.5. The third kappa shape index (κ3) is 3.40. The number of halogens is 2. The fraction of sp³-hybridized carbons (Fsp3) is 0.286. The number of nitroso groups, excluding NO2 is 1. The first-order valence-electron chi connectivity index (χ1n) is 4.32. The van der Waals surface area contributed by atoms with Gasteiger partial charge in [0.1, 0.15) is 5.02 Å². The van der Waals surface area contributed by atoms with Crippen molar-refractivity contribution in [2.75, 3.05) is 17.4 Å². The molecule has 1 aromatic heterocycles. The highest BCUT2D eigenvalue weighted by Gasteiger charge is 2.20. The number of hydrogen-bond donors (Lipinski definition) is 2. The summed E-state index contributed by atoms with van der Waals surface area (Å²) in [4.78, 5) is 38.4. The van der Waals surface area contributed by atoms with Crippen LogP contribution in [0.25, 0.3) is 0 Å². The second-order valence-electron chi connectivity index (χ2n) is 2.70. The molecule has 92 valence electrons. The van der Waals surface area contributed by atoms with Gasteiger partial charge in [0.15, 0.2) is 5.82 Å². The number of nitrogens with zero attached hydrogens (tertiary/aromatic N) is 3. The molecule has 2 N–H and O–H groups in total. The topological polar surface area (TPSA) is 108 Å². The molecule has 0 bridgehead atoms. The number of alkyl halides is 1. The van der Waals surface area contributed by atoms with Gasteiger partial charge in [0.2, 0.25) is 0 Å². The molecule has 8 nitrogen and oxygen atoms in total. The number of anilines is 1. The molecule has 0 radical (unpaired) electrons. The molecule has 0 aromatic carbocycles. The van der Waals surface area contributed by atoms with Gasteiger partial charge in [0.25, 0.3) is 0 Å². The van der Waals surface area contributed by atoms with Gasteiger partial charge in [-0.15, -0.1) is 21.5 Å². The van der Waals surface area contributed by atoms with Gasteiger partial charge in [-0.25, -0.2) is 14.6 Å². The molecule has 0 aliphatic heterocycles. The van der Waals surface area contributed by atoms with Crippen molar-refractivity contribution in [1.29, 1.82) is 0 Å². The molecule has 17 heavy (non-hydrogen) atoms. The fourth-order valence-corrected chi connectivity index (χ4v) is 1.20. The summed E-state index contributed by atoms with van der Waals surface area (Å²) in [5.74, 6) is -0.0901. The van der Waals surface area contributed by atoms with E-state index in [1.165, 1.54) is 0 Å². The molecule has 0 aliphatic carbocycles. The summed E-state index contributed by atoms with van der Waals surface area (Å²) in [7, 11) is 0. The predicted molar refractivity (Wildman–Crippen MR) is 62.3 cm³/mol. The molecule has 0 saturated carbocycles. The molecule has 1 heterocycles. The zero-order valence-corrected chi connectivity index (χ0v) is 9.83. The summed E-state index contributed by atoms with van der Waals surface area (Å²) in [6.07, 6.45) is 1.00. The van der Waals surface area contributed by atoms with Gasteiger partial charge in [0, 0.05) is 12.4 Å². The van der Waals surface area contributed by atoms with Crippen molar-refractivity contribution in [1.82, 2.24) is 15.3 Å². The molecule has 10 heteroatoms. The normalized spacial score (nSPS) is 9.76. The Balaban J connectivity index is 3.00. The van der Waals surface area contributed by atoms with Crippen LogP contribution in [-0.4, -0.2) is 28.4 Å². The minimum Gasteiger partial charge on any atom is -0.335 e. The highest BCUT2D eigenvalue weighted by atomic mass is 35.5. The largest absolute Gasteiger partial charge is 0.346 e. The Morgan fingerprint density at radius 1 is 1.65 bits per heavy atom. The first-order chi connectivity index (χ1) is 8.10. The van der Waals surface area contributed by atoms with Crippen molar-refractivity contribution in [2.24, 2.45) is 5.29 Å². The highest BCUT2D eigenvalue weighted by molar-refractivity contribution is 6.33. The van der Waals surface area contributed by atoms with Crippen molar-refractivity contribution in [3.8, 4) is 0 Å². The van der Waals surface area contributed by atoms with E-state index in [0.717, 1.165) is 6.20 Å². The Hall–Kier alpha value is -1.67. The second-order valence-corrected chi connectivity index (χ2v) is 3.48. The molecule has 0 atom stereocenters. The van der Waals surface area contributed by atoms with Gasteiger partial charge in [-0.2, -0.15) is 0 Å². The zero-order valence-electron chi connectivity index (χ0n) is 8.31. The number of aromatic amines is 1. The summed E-state index contributed by atoms with van der Waals surface area (Å²) in [6.45, 7) is 0.138. The number of hydrogen-bond acceptors (Lipinski definition) is 5. The minimum atomic E-state index is -0.857. The molecule has 0 aliphatic rings. The minimum absolute atomic E-state index is 0.0924. The van der Waals surface area contributed by atoms with Crippen LogP contribution in [-0.2, 0) is 0 Å². The number of urea groups is 1. The van der Waals surface area contributed by atoms with Crippen LogP contribution >= 0.6 is 23.2 Å². The quantitative estimate of drug-likeness (QED) is 0.484. The highest BCUT2D eigenvalue weighted by Crippen LogP contribution is 2.20. The Kier molecular flexibility index (Phi) is 4.85. The van der Waals surface area contributed by atoms with Gasteiger partial charge >= 0.3 is 11.7 Å². The summed E-state index contributed by atoms with van der Waals surface area (Å²) >= 11 is 11.0. The monoisotopic (exact) mass is 279 g/mol. The van der Waals surface area contributed by atoms with Crippen molar-refractivity contribution >= 4 is 35.1 Å². The Labute approximate surface area is 105 Å². The number of carbonyl (C=O) groups excluding carboxylic acids is 1. The first kappa shape index (κ1) is 13.4. The van der Waals surface area contributed by atoms with E-state index in [-0.39, 0.29) is 23.3 Å². The van der Waals surface area contributed by atoms with Gasteiger partial charge < -0.3 is 5.32 Å². The SMILES string of the molecule is O=NN(C(=O)NCCCl)c1[nH]c(=O)ncc1Cl. The van der Waals surface area contributed by atoms with Crippen LogP contribution in [0.4, 0.5) is 10.6 Å². The van der Waals surface area contributed by atoms with Crippen LogP contribution in [0.2, 0.25) is 5.02 Å². The smallest absolute Gasteiger partial charge is 0.335 e. The fourth-order valence-electron chi connectivity index (χ4n) is 0.932. The Bertz CT molecular complexity index is 477. The van der Waals surface area contributed by atoms with E-state index in [0.29, 0.717) is 5.01 Å². The summed E-state index contributed by atoms with van der Waals surface area (Å²) < 4.78 is 0. The molecule has 1 aromatic rings. The van der Waals surface area contributed by atoms with E-state index in [2.05, 4.69) is 20.6 Å². The van der Waals surface area contributed by atoms with Gasteiger partial charge in [-0.05, 0) is 0 Å². The standard InChI is InChI=1S/C7H7Cl2N5O3/c8-1-2-10-7(16)14(13-17)5-4(9)3-11-6(15)12-5/h3H,1-2H2,(H,10,16)(H,11,12,15). The summed E-state index contributed by atoms with van der Waals surface area (Å²) in [6, 6.07) is -0.857. The van der Waals surface area contributed by atoms with Crippen LogP contribution in [0.5, 0.6) is 0 Å². The number of amides is 2. The van der Waals surface area contributed by atoms with E-state index in [9.17, 15) is 14.5 Å². The van der Waals surface area contributed by atoms with E-state index >= 15 is 0 Å². The van der Waals surface area contributed by atoms with E-state index < -0.39 is 11.7 Å². The molecule has 0 spiro atoms. The molecule has 2 amide bonds. The molecule has 0 saturated heterocycles. The third-order valence-electron chi connectivity index (χ3n) is 1.60. The third-order valence-corrected chi connectivity index (χ3v) is 2.07. The van der Waals surface area contributed by atoms with E-state index in [1.807, 2.05) is 0 Å². The van der Waals surface area contributed by atoms with E-state index in [4.69, 9.17) is 23.2 Å². The lowest BCUT2D eigenvalue weighted by Gasteiger charge is -2.13. The number of aromatic nitrogens is 2. The molecular weight excluding hydrogens is 273 g/mol. The van der Waals surface area contributed by atoms with Crippen LogP contribution in [0.15, 0.2) is 16.3 Å². The van der Waals surface area contributed by atoms with Crippen LogP contribution in [0.1, 0.15) is 0 Å². The van der Waals surface area contributed by atoms with Gasteiger partial charge in [-0.1, -0.05) is 11.6 Å². The lowest BCUT2D eigenvalue weighted by atomic mass is 10.5. The number of carbonyl (C=O) groups is 1. The van der Waals surface area contributed by atoms with Crippen molar-refractivity contribution in [3.63, 3.8) is 0 Å². The average molecular weight is 280 g/mol. The predicted octanol–water partition coefficient (Wildman–Crippen LogP) is 0.859. The average Bonchev–Trinajstić information content (AvgIpc) is 2.32. The van der Waals surface area contributed by atoms with Crippen molar-refractivity contribution in [3.05, 3.63) is 26.6 Å². The second kappa shape index (κ2) is 6.16. The zero-order chi connectivity index (χ0) is 12.8. The Morgan fingerprint density at radius 2 is 2.35 bits per heavy atom. The van der Waals surface area contributed by atoms with Gasteiger partial charge in [0.05, 0.1) is 11.5 Å². The molecule has 0 unspecified atom stereocenters. The summed E-state index contributed by atoms with van der Waals surface area (Å²) in [5, 5.41) is 5.03. The Morgan fingerprint density at radius 3 is 2.94 bits per heavy atom. The molecular formula is C7H7Cl2N5O3. The maximum Gasteiger partial charge on any atom is 0.346 e. The van der Waals surface area contributed by atoms with Crippen LogP contribution in [0, 0.1) is 4.91 Å². The number of nitrogens with one attached hydrogen (secondary N) is 2.